The van der Waals surface area contributed by atoms with Gasteiger partial charge >= 0.3 is 0 Å². The predicted molar refractivity (Wildman–Crippen MR) is 114 cm³/mol. The molecule has 0 aliphatic heterocycles. The summed E-state index contributed by atoms with van der Waals surface area (Å²) in [7, 11) is -0.824. The smallest absolute Gasteiger partial charge is 0.241 e. The van der Waals surface area contributed by atoms with E-state index in [1.807, 2.05) is 31.2 Å². The van der Waals surface area contributed by atoms with Gasteiger partial charge in [-0.25, -0.2) is 8.42 Å². The molecule has 0 aliphatic carbocycles. The average molecular weight is 421 g/mol. The fourth-order valence-electron chi connectivity index (χ4n) is 2.92. The number of benzene rings is 2. The minimum Gasteiger partial charge on any atom is -0.497 e. The summed E-state index contributed by atoms with van der Waals surface area (Å²) in [6.45, 7) is 3.56. The van der Waals surface area contributed by atoms with E-state index < -0.39 is 15.9 Å². The third-order valence-corrected chi connectivity index (χ3v) is 5.73. The van der Waals surface area contributed by atoms with Crippen molar-refractivity contribution >= 4 is 21.6 Å². The highest BCUT2D eigenvalue weighted by atomic mass is 32.2. The van der Waals surface area contributed by atoms with Gasteiger partial charge in [0.15, 0.2) is 0 Å². The standard InChI is InChI=1S/C21H28N2O5S/c1-6-16-7-9-17(10-8-16)15(2)22-21(24)14-23(29(5,25)26)19-13-18(27-3)11-12-20(19)28-4/h7-13,15H,6,14H2,1-5H3,(H,22,24)/t15-/m1/s1. The van der Waals surface area contributed by atoms with Crippen molar-refractivity contribution in [2.75, 3.05) is 31.3 Å². The van der Waals surface area contributed by atoms with Crippen LogP contribution in [0.2, 0.25) is 0 Å². The first kappa shape index (κ1) is 22.5. The summed E-state index contributed by atoms with van der Waals surface area (Å²) < 4.78 is 36.3. The molecule has 0 bridgehead atoms. The van der Waals surface area contributed by atoms with Crippen LogP contribution in [0.1, 0.15) is 31.0 Å². The Hall–Kier alpha value is -2.74. The zero-order valence-corrected chi connectivity index (χ0v) is 18.2. The lowest BCUT2D eigenvalue weighted by molar-refractivity contribution is -0.120. The van der Waals surface area contributed by atoms with Gasteiger partial charge in [0.25, 0.3) is 0 Å². The van der Waals surface area contributed by atoms with Gasteiger partial charge in [-0.3, -0.25) is 9.10 Å². The van der Waals surface area contributed by atoms with E-state index in [0.29, 0.717) is 11.5 Å². The molecule has 2 aromatic rings. The van der Waals surface area contributed by atoms with Gasteiger partial charge in [-0.1, -0.05) is 31.2 Å². The van der Waals surface area contributed by atoms with Crippen LogP contribution < -0.4 is 19.1 Å². The van der Waals surface area contributed by atoms with Crippen LogP contribution in [0, 0.1) is 0 Å². The molecule has 2 rings (SSSR count). The fourth-order valence-corrected chi connectivity index (χ4v) is 3.77. The fraction of sp³-hybridized carbons (Fsp3) is 0.381. The Balaban J connectivity index is 2.23. The summed E-state index contributed by atoms with van der Waals surface area (Å²) in [6.07, 6.45) is 1.98. The van der Waals surface area contributed by atoms with Gasteiger partial charge in [-0.15, -0.1) is 0 Å². The number of sulfonamides is 1. The summed E-state index contributed by atoms with van der Waals surface area (Å²) in [5.41, 5.74) is 2.39. The summed E-state index contributed by atoms with van der Waals surface area (Å²) in [4.78, 5) is 12.6. The third kappa shape index (κ3) is 5.87. The Labute approximate surface area is 172 Å². The van der Waals surface area contributed by atoms with E-state index in [-0.39, 0.29) is 18.3 Å². The van der Waals surface area contributed by atoms with Crippen molar-refractivity contribution < 1.29 is 22.7 Å². The van der Waals surface area contributed by atoms with Crippen molar-refractivity contribution in [1.82, 2.24) is 5.32 Å². The van der Waals surface area contributed by atoms with Crippen molar-refractivity contribution in [3.63, 3.8) is 0 Å². The average Bonchev–Trinajstić information content (AvgIpc) is 2.70. The van der Waals surface area contributed by atoms with Crippen molar-refractivity contribution in [3.05, 3.63) is 53.6 Å². The molecule has 8 heteroatoms. The number of nitrogens with one attached hydrogen (secondary N) is 1. The minimum absolute atomic E-state index is 0.240. The van der Waals surface area contributed by atoms with Gasteiger partial charge in [-0.2, -0.15) is 0 Å². The highest BCUT2D eigenvalue weighted by Gasteiger charge is 2.25. The molecule has 0 spiro atoms. The lowest BCUT2D eigenvalue weighted by Crippen LogP contribution is -2.41. The third-order valence-electron chi connectivity index (χ3n) is 4.61. The molecule has 7 nitrogen and oxygen atoms in total. The number of hydrogen-bond acceptors (Lipinski definition) is 5. The van der Waals surface area contributed by atoms with E-state index in [2.05, 4.69) is 12.2 Å². The first-order valence-corrected chi connectivity index (χ1v) is 11.1. The Kier molecular flexibility index (Phi) is 7.50. The minimum atomic E-state index is -3.74. The summed E-state index contributed by atoms with van der Waals surface area (Å²) in [5.74, 6) is 0.360. The number of carbonyl (C=O) groups is 1. The summed E-state index contributed by atoms with van der Waals surface area (Å²) in [6, 6.07) is 12.5. The predicted octanol–water partition coefficient (Wildman–Crippen LogP) is 2.91. The molecule has 0 fully saturated rings. The molecule has 0 heterocycles. The first-order valence-electron chi connectivity index (χ1n) is 9.27. The lowest BCUT2D eigenvalue weighted by Gasteiger charge is -2.25. The largest absolute Gasteiger partial charge is 0.497 e. The maximum atomic E-state index is 12.6. The van der Waals surface area contributed by atoms with Gasteiger partial charge in [0.05, 0.1) is 32.2 Å². The van der Waals surface area contributed by atoms with Gasteiger partial charge in [0.1, 0.15) is 18.0 Å². The maximum Gasteiger partial charge on any atom is 0.241 e. The van der Waals surface area contributed by atoms with Crippen molar-refractivity contribution in [3.8, 4) is 11.5 Å². The van der Waals surface area contributed by atoms with Crippen LogP contribution in [0.5, 0.6) is 11.5 Å². The van der Waals surface area contributed by atoms with Crippen LogP contribution in [0.4, 0.5) is 5.69 Å². The number of methoxy groups -OCH3 is 2. The number of rotatable bonds is 9. The van der Waals surface area contributed by atoms with Crippen molar-refractivity contribution in [2.24, 2.45) is 0 Å². The molecule has 158 valence electrons. The molecule has 0 saturated heterocycles. The van der Waals surface area contributed by atoms with Crippen molar-refractivity contribution in [2.45, 2.75) is 26.3 Å². The zero-order chi connectivity index (χ0) is 21.6. The van der Waals surface area contributed by atoms with Crippen LogP contribution in [0.3, 0.4) is 0 Å². The molecule has 29 heavy (non-hydrogen) atoms. The lowest BCUT2D eigenvalue weighted by atomic mass is 10.1. The Morgan fingerprint density at radius 2 is 1.76 bits per heavy atom. The molecule has 0 aliphatic rings. The van der Waals surface area contributed by atoms with E-state index in [0.717, 1.165) is 22.5 Å². The van der Waals surface area contributed by atoms with Crippen molar-refractivity contribution in [1.29, 1.82) is 0 Å². The Bertz CT molecular complexity index is 942. The van der Waals surface area contributed by atoms with E-state index >= 15 is 0 Å². The van der Waals surface area contributed by atoms with E-state index in [1.54, 1.807) is 12.1 Å². The first-order chi connectivity index (χ1) is 13.7. The van der Waals surface area contributed by atoms with Gasteiger partial charge < -0.3 is 14.8 Å². The summed E-state index contributed by atoms with van der Waals surface area (Å²) >= 11 is 0. The molecule has 1 amide bonds. The maximum absolute atomic E-state index is 12.6. The second-order valence-corrected chi connectivity index (χ2v) is 8.60. The Morgan fingerprint density at radius 3 is 2.28 bits per heavy atom. The molecule has 0 saturated carbocycles. The second-order valence-electron chi connectivity index (χ2n) is 6.69. The van der Waals surface area contributed by atoms with E-state index in [4.69, 9.17) is 9.47 Å². The second kappa shape index (κ2) is 9.65. The molecule has 1 N–H and O–H groups in total. The highest BCUT2D eigenvalue weighted by molar-refractivity contribution is 7.92. The molecule has 1 atom stereocenters. The van der Waals surface area contributed by atoms with E-state index in [9.17, 15) is 13.2 Å². The molecule has 0 unspecified atom stereocenters. The van der Waals surface area contributed by atoms with Gasteiger partial charge in [-0.05, 0) is 36.6 Å². The number of carbonyl (C=O) groups excluding carboxylic acids is 1. The number of hydrogen-bond donors (Lipinski definition) is 1. The van der Waals surface area contributed by atoms with Crippen LogP contribution in [0.25, 0.3) is 0 Å². The summed E-state index contributed by atoms with van der Waals surface area (Å²) in [5, 5.41) is 2.85. The van der Waals surface area contributed by atoms with Gasteiger partial charge in [0, 0.05) is 6.07 Å². The molecule has 0 radical (unpaired) electrons. The monoisotopic (exact) mass is 420 g/mol. The number of nitrogens with zero attached hydrogens (tertiary/aromatic N) is 1. The van der Waals surface area contributed by atoms with E-state index in [1.165, 1.54) is 25.8 Å². The van der Waals surface area contributed by atoms with Crippen LogP contribution in [-0.4, -0.2) is 41.3 Å². The Morgan fingerprint density at radius 1 is 1.10 bits per heavy atom. The highest BCUT2D eigenvalue weighted by Crippen LogP contribution is 2.33. The number of ether oxygens (including phenoxy) is 2. The van der Waals surface area contributed by atoms with Gasteiger partial charge in [0.2, 0.25) is 15.9 Å². The number of anilines is 1. The molecular weight excluding hydrogens is 392 g/mol. The van der Waals surface area contributed by atoms with Crippen LogP contribution in [0.15, 0.2) is 42.5 Å². The SMILES string of the molecule is CCc1ccc([C@@H](C)NC(=O)CN(c2cc(OC)ccc2OC)S(C)(=O)=O)cc1. The van der Waals surface area contributed by atoms with Crippen LogP contribution >= 0.6 is 0 Å². The number of aryl methyl sites for hydroxylation is 1. The topological polar surface area (TPSA) is 84.9 Å². The quantitative estimate of drug-likeness (QED) is 0.674. The molecular formula is C21H28N2O5S. The normalized spacial score (nSPS) is 12.2. The molecule has 0 aromatic heterocycles. The number of amides is 1. The van der Waals surface area contributed by atoms with Crippen LogP contribution in [-0.2, 0) is 21.2 Å². The zero-order valence-electron chi connectivity index (χ0n) is 17.4. The molecule has 2 aromatic carbocycles.